The number of nitrogens with zero attached hydrogens (tertiary/aromatic N) is 1. The maximum atomic E-state index is 11.4. The molecule has 3 rings (SSSR count). The largest absolute Gasteiger partial charge is 0.478 e. The van der Waals surface area contributed by atoms with Crippen molar-refractivity contribution >= 4 is 32.8 Å². The molecule has 2 aromatic carbocycles. The Morgan fingerprint density at radius 2 is 1.76 bits per heavy atom. The summed E-state index contributed by atoms with van der Waals surface area (Å²) in [7, 11) is 0. The molecule has 4 nitrogen and oxygen atoms in total. The first kappa shape index (κ1) is 13.6. The number of carboxylic acid groups (broad SMARTS) is 1. The lowest BCUT2D eigenvalue weighted by molar-refractivity contribution is 0.0693. The van der Waals surface area contributed by atoms with Crippen LogP contribution in [0.4, 0.5) is 0 Å². The molecule has 0 radical (unpaired) electrons. The van der Waals surface area contributed by atoms with E-state index < -0.39 is 5.97 Å². The SMILES string of the molecule is O=C(O)c1c(Br)cccc1Oc1cccc2cccnc12. The maximum Gasteiger partial charge on any atom is 0.340 e. The molecule has 1 aromatic heterocycles. The number of rotatable bonds is 3. The van der Waals surface area contributed by atoms with E-state index in [4.69, 9.17) is 4.74 Å². The van der Waals surface area contributed by atoms with E-state index in [2.05, 4.69) is 20.9 Å². The number of carbonyl (C=O) groups is 1. The molecule has 0 unspecified atom stereocenters. The Bertz CT molecular complexity index is 827. The molecule has 1 N–H and O–H groups in total. The molecule has 0 bridgehead atoms. The lowest BCUT2D eigenvalue weighted by atomic mass is 10.2. The van der Waals surface area contributed by atoms with Crippen LogP contribution >= 0.6 is 15.9 Å². The van der Waals surface area contributed by atoms with Gasteiger partial charge in [0, 0.05) is 16.1 Å². The second kappa shape index (κ2) is 5.54. The first-order valence-corrected chi connectivity index (χ1v) is 6.99. The number of para-hydroxylation sites is 1. The van der Waals surface area contributed by atoms with Crippen LogP contribution in [0.5, 0.6) is 11.5 Å². The summed E-state index contributed by atoms with van der Waals surface area (Å²) in [6.07, 6.45) is 1.67. The Morgan fingerprint density at radius 3 is 2.57 bits per heavy atom. The zero-order chi connectivity index (χ0) is 14.8. The summed E-state index contributed by atoms with van der Waals surface area (Å²) in [6.45, 7) is 0. The van der Waals surface area contributed by atoms with E-state index >= 15 is 0 Å². The minimum atomic E-state index is -1.05. The fourth-order valence-electron chi connectivity index (χ4n) is 2.07. The molecule has 0 aliphatic heterocycles. The van der Waals surface area contributed by atoms with Crippen molar-refractivity contribution in [3.8, 4) is 11.5 Å². The number of fused-ring (bicyclic) bond motifs is 1. The number of carboxylic acids is 1. The Morgan fingerprint density at radius 1 is 1.05 bits per heavy atom. The fourth-order valence-corrected chi connectivity index (χ4v) is 2.59. The van der Waals surface area contributed by atoms with Crippen LogP contribution in [0.15, 0.2) is 59.2 Å². The standard InChI is InChI=1S/C16H10BrNO3/c17-11-6-2-7-12(14(11)16(19)20)21-13-8-1-4-10-5-3-9-18-15(10)13/h1-9H,(H,19,20). The van der Waals surface area contributed by atoms with E-state index in [1.165, 1.54) is 0 Å². The molecule has 21 heavy (non-hydrogen) atoms. The van der Waals surface area contributed by atoms with Gasteiger partial charge in [-0.1, -0.05) is 24.3 Å². The van der Waals surface area contributed by atoms with Gasteiger partial charge in [0.05, 0.1) is 0 Å². The van der Waals surface area contributed by atoms with Crippen LogP contribution in [0.1, 0.15) is 10.4 Å². The number of benzene rings is 2. The highest BCUT2D eigenvalue weighted by Crippen LogP contribution is 2.33. The van der Waals surface area contributed by atoms with E-state index in [1.54, 1.807) is 30.5 Å². The van der Waals surface area contributed by atoms with Crippen LogP contribution in [0.3, 0.4) is 0 Å². The van der Waals surface area contributed by atoms with E-state index in [-0.39, 0.29) is 11.3 Å². The van der Waals surface area contributed by atoms with E-state index in [0.29, 0.717) is 15.7 Å². The number of ether oxygens (including phenoxy) is 1. The van der Waals surface area contributed by atoms with E-state index in [9.17, 15) is 9.90 Å². The summed E-state index contributed by atoms with van der Waals surface area (Å²) < 4.78 is 6.26. The minimum Gasteiger partial charge on any atom is -0.478 e. The highest BCUT2D eigenvalue weighted by molar-refractivity contribution is 9.10. The smallest absolute Gasteiger partial charge is 0.340 e. The molecule has 0 aliphatic rings. The van der Waals surface area contributed by atoms with Crippen LogP contribution in [0.2, 0.25) is 0 Å². The molecule has 3 aromatic rings. The summed E-state index contributed by atoms with van der Waals surface area (Å²) in [5.41, 5.74) is 0.779. The Kier molecular flexibility index (Phi) is 3.58. The molecular formula is C16H10BrNO3. The second-order valence-corrected chi connectivity index (χ2v) is 5.21. The van der Waals surface area contributed by atoms with Gasteiger partial charge in [-0.15, -0.1) is 0 Å². The third-order valence-electron chi connectivity index (χ3n) is 3.00. The lowest BCUT2D eigenvalue weighted by Crippen LogP contribution is -2.01. The highest BCUT2D eigenvalue weighted by Gasteiger charge is 2.16. The number of hydrogen-bond donors (Lipinski definition) is 1. The van der Waals surface area contributed by atoms with Gasteiger partial charge in [-0.25, -0.2) is 4.79 Å². The van der Waals surface area contributed by atoms with Crippen LogP contribution in [-0.4, -0.2) is 16.1 Å². The van der Waals surface area contributed by atoms with Gasteiger partial charge >= 0.3 is 5.97 Å². The predicted octanol–water partition coefficient (Wildman–Crippen LogP) is 4.49. The predicted molar refractivity (Wildman–Crippen MR) is 82.9 cm³/mol. The van der Waals surface area contributed by atoms with Crippen LogP contribution in [0.25, 0.3) is 10.9 Å². The van der Waals surface area contributed by atoms with Crippen molar-refractivity contribution in [3.63, 3.8) is 0 Å². The van der Waals surface area contributed by atoms with Gasteiger partial charge < -0.3 is 9.84 Å². The molecule has 0 saturated carbocycles. The lowest BCUT2D eigenvalue weighted by Gasteiger charge is -2.11. The summed E-state index contributed by atoms with van der Waals surface area (Å²) in [6, 6.07) is 14.3. The summed E-state index contributed by atoms with van der Waals surface area (Å²) in [4.78, 5) is 15.7. The first-order valence-electron chi connectivity index (χ1n) is 6.20. The van der Waals surface area contributed by atoms with Crippen molar-refractivity contribution in [2.45, 2.75) is 0 Å². The van der Waals surface area contributed by atoms with Crippen molar-refractivity contribution in [1.82, 2.24) is 4.98 Å². The monoisotopic (exact) mass is 343 g/mol. The molecule has 0 aliphatic carbocycles. The molecule has 1 heterocycles. The summed E-state index contributed by atoms with van der Waals surface area (Å²) in [5.74, 6) is -0.255. The highest BCUT2D eigenvalue weighted by atomic mass is 79.9. The molecular weight excluding hydrogens is 334 g/mol. The average Bonchev–Trinajstić information content (AvgIpc) is 2.47. The number of hydrogen-bond acceptors (Lipinski definition) is 3. The number of halogens is 1. The molecule has 0 fully saturated rings. The van der Waals surface area contributed by atoms with Crippen LogP contribution < -0.4 is 4.74 Å². The van der Waals surface area contributed by atoms with E-state index in [0.717, 1.165) is 5.39 Å². The normalized spacial score (nSPS) is 10.5. The third-order valence-corrected chi connectivity index (χ3v) is 3.67. The second-order valence-electron chi connectivity index (χ2n) is 4.35. The maximum absolute atomic E-state index is 11.4. The van der Waals surface area contributed by atoms with Gasteiger partial charge in [0.25, 0.3) is 0 Å². The van der Waals surface area contributed by atoms with Crippen molar-refractivity contribution in [2.24, 2.45) is 0 Å². The molecule has 104 valence electrons. The average molecular weight is 344 g/mol. The van der Waals surface area contributed by atoms with Crippen molar-refractivity contribution in [2.75, 3.05) is 0 Å². The van der Waals surface area contributed by atoms with Crippen LogP contribution in [0, 0.1) is 0 Å². The van der Waals surface area contributed by atoms with Gasteiger partial charge in [0.1, 0.15) is 16.8 Å². The summed E-state index contributed by atoms with van der Waals surface area (Å²) in [5, 5.41) is 10.2. The van der Waals surface area contributed by atoms with Crippen molar-refractivity contribution < 1.29 is 14.6 Å². The van der Waals surface area contributed by atoms with E-state index in [1.807, 2.05) is 24.3 Å². The first-order chi connectivity index (χ1) is 10.2. The number of aromatic nitrogens is 1. The van der Waals surface area contributed by atoms with Gasteiger partial charge in [-0.3, -0.25) is 4.98 Å². The van der Waals surface area contributed by atoms with Crippen molar-refractivity contribution in [3.05, 3.63) is 64.8 Å². The van der Waals surface area contributed by atoms with Gasteiger partial charge in [0.15, 0.2) is 5.75 Å². The zero-order valence-electron chi connectivity index (χ0n) is 10.8. The molecule has 5 heteroatoms. The molecule has 0 spiro atoms. The topological polar surface area (TPSA) is 59.4 Å². The Hall–Kier alpha value is -2.40. The van der Waals surface area contributed by atoms with Gasteiger partial charge in [-0.2, -0.15) is 0 Å². The van der Waals surface area contributed by atoms with Crippen molar-refractivity contribution in [1.29, 1.82) is 0 Å². The van der Waals surface area contributed by atoms with Gasteiger partial charge in [0.2, 0.25) is 0 Å². The number of pyridine rings is 1. The zero-order valence-corrected chi connectivity index (χ0v) is 12.4. The third kappa shape index (κ3) is 2.60. The Balaban J connectivity index is 2.12. The Labute approximate surface area is 129 Å². The quantitative estimate of drug-likeness (QED) is 0.761. The van der Waals surface area contributed by atoms with Crippen LogP contribution in [-0.2, 0) is 0 Å². The van der Waals surface area contributed by atoms with Gasteiger partial charge in [-0.05, 0) is 40.2 Å². The molecule has 0 saturated heterocycles. The summed E-state index contributed by atoms with van der Waals surface area (Å²) >= 11 is 3.23. The molecule has 0 amide bonds. The molecule has 0 atom stereocenters. The minimum absolute atomic E-state index is 0.0884. The number of aromatic carboxylic acids is 1. The fraction of sp³-hybridized carbons (Fsp3) is 0.